The first-order chi connectivity index (χ1) is 14.3. The topological polar surface area (TPSA) is 91.8 Å². The van der Waals surface area contributed by atoms with Crippen LogP contribution < -0.4 is 11.2 Å². The van der Waals surface area contributed by atoms with Crippen molar-refractivity contribution in [3.05, 3.63) is 33.1 Å². The van der Waals surface area contributed by atoms with E-state index >= 15 is 0 Å². The summed E-state index contributed by atoms with van der Waals surface area (Å²) in [5, 5.41) is 0.0597. The highest BCUT2D eigenvalue weighted by atomic mass is 28.4. The van der Waals surface area contributed by atoms with Crippen LogP contribution in [-0.4, -0.2) is 59.4 Å². The third kappa shape index (κ3) is 7.08. The van der Waals surface area contributed by atoms with E-state index in [4.69, 9.17) is 18.0 Å². The van der Waals surface area contributed by atoms with Crippen LogP contribution in [0.3, 0.4) is 0 Å². The molecule has 1 fully saturated rings. The summed E-state index contributed by atoms with van der Waals surface area (Å²) in [5.74, 6) is 0. The zero-order chi connectivity index (χ0) is 24.7. The molecule has 184 valence electrons. The molecule has 0 radical (unpaired) electrons. The van der Waals surface area contributed by atoms with Crippen molar-refractivity contribution in [2.24, 2.45) is 0 Å². The van der Waals surface area contributed by atoms with Crippen molar-refractivity contribution in [1.29, 1.82) is 0 Å². The van der Waals surface area contributed by atoms with Gasteiger partial charge in [-0.05, 0) is 57.4 Å². The second-order valence-electron chi connectivity index (χ2n) is 12.0. The number of hydrogen-bond donors (Lipinski definition) is 1. The van der Waals surface area contributed by atoms with Crippen molar-refractivity contribution in [3.8, 4) is 0 Å². The third-order valence-electron chi connectivity index (χ3n) is 5.80. The summed E-state index contributed by atoms with van der Waals surface area (Å²) in [7, 11) is -6.03. The minimum atomic E-state index is -2.03. The van der Waals surface area contributed by atoms with Crippen LogP contribution in [0.4, 0.5) is 0 Å². The highest BCUT2D eigenvalue weighted by Gasteiger charge is 2.51. The Morgan fingerprint density at radius 3 is 1.97 bits per heavy atom. The Bertz CT molecular complexity index is 895. The number of ether oxygens (including phenoxy) is 1. The Morgan fingerprint density at radius 2 is 1.50 bits per heavy atom. The van der Waals surface area contributed by atoms with Gasteiger partial charge in [-0.2, -0.15) is 0 Å². The summed E-state index contributed by atoms with van der Waals surface area (Å²) in [4.78, 5) is 26.6. The van der Waals surface area contributed by atoms with E-state index in [1.807, 2.05) is 0 Å². The molecule has 1 N–H and O–H groups in total. The van der Waals surface area contributed by atoms with Crippen molar-refractivity contribution in [1.82, 2.24) is 9.55 Å². The van der Waals surface area contributed by atoms with Crippen molar-refractivity contribution in [2.45, 2.75) is 103 Å². The van der Waals surface area contributed by atoms with E-state index in [9.17, 15) is 9.59 Å². The van der Waals surface area contributed by atoms with Gasteiger partial charge in [0.15, 0.2) is 31.2 Å². The molecule has 4 atom stereocenters. The van der Waals surface area contributed by atoms with E-state index in [1.54, 1.807) is 0 Å². The number of rotatable bonds is 8. The van der Waals surface area contributed by atoms with E-state index in [-0.39, 0.29) is 17.2 Å². The molecule has 2 rings (SSSR count). The van der Waals surface area contributed by atoms with Gasteiger partial charge in [0.1, 0.15) is 18.3 Å². The first kappa shape index (κ1) is 27.4. The Hall–Kier alpha value is -0.829. The van der Waals surface area contributed by atoms with Crippen molar-refractivity contribution in [2.75, 3.05) is 6.61 Å². The van der Waals surface area contributed by atoms with Crippen LogP contribution in [-0.2, 0) is 18.0 Å². The zero-order valence-electron chi connectivity index (χ0n) is 21.6. The molecule has 32 heavy (non-hydrogen) atoms. The second kappa shape index (κ2) is 9.43. The van der Waals surface area contributed by atoms with Crippen molar-refractivity contribution in [3.63, 3.8) is 0 Å². The molecule has 0 spiro atoms. The average molecular weight is 503 g/mol. The van der Waals surface area contributed by atoms with Gasteiger partial charge in [-0.25, -0.2) is 4.79 Å². The Kier molecular flexibility index (Phi) is 8.08. The number of aromatic nitrogens is 2. The molecule has 1 aromatic rings. The fourth-order valence-corrected chi connectivity index (χ4v) is 6.47. The van der Waals surface area contributed by atoms with Gasteiger partial charge in [0.2, 0.25) is 0 Å². The summed E-state index contributed by atoms with van der Waals surface area (Å²) < 4.78 is 27.5. The van der Waals surface area contributed by atoms with Crippen LogP contribution in [0.2, 0.25) is 57.4 Å². The van der Waals surface area contributed by atoms with Crippen LogP contribution in [0, 0.1) is 0 Å². The quantitative estimate of drug-likeness (QED) is 0.542. The fourth-order valence-electron chi connectivity index (χ4n) is 3.29. The second-order valence-corrected chi connectivity index (χ2v) is 25.8. The normalized spacial score (nSPS) is 25.3. The highest BCUT2D eigenvalue weighted by molar-refractivity contribution is 6.74. The van der Waals surface area contributed by atoms with Gasteiger partial charge in [0, 0.05) is 12.3 Å². The third-order valence-corrected chi connectivity index (χ3v) is 12.3. The van der Waals surface area contributed by atoms with Crippen molar-refractivity contribution < 1.29 is 18.0 Å². The summed E-state index contributed by atoms with van der Waals surface area (Å²) in [6, 6.07) is 1.32. The monoisotopic (exact) mass is 502 g/mol. The largest absolute Gasteiger partial charge is 0.414 e. The van der Waals surface area contributed by atoms with Gasteiger partial charge in [0.25, 0.3) is 5.56 Å². The minimum absolute atomic E-state index is 0.0597. The predicted octanol–water partition coefficient (Wildman–Crippen LogP) is 3.90. The van der Waals surface area contributed by atoms with Crippen molar-refractivity contribution >= 4 is 25.0 Å². The van der Waals surface area contributed by atoms with Gasteiger partial charge in [0.05, 0.1) is 6.61 Å². The smallest absolute Gasteiger partial charge is 0.330 e. The number of hydrogen-bond acceptors (Lipinski definition) is 6. The summed E-state index contributed by atoms with van der Waals surface area (Å²) in [6.07, 6.45) is -0.483. The number of nitrogens with one attached hydrogen (secondary N) is 1. The van der Waals surface area contributed by atoms with E-state index in [2.05, 4.69) is 78.1 Å². The van der Waals surface area contributed by atoms with E-state index in [1.165, 1.54) is 16.8 Å². The van der Waals surface area contributed by atoms with Gasteiger partial charge in [-0.3, -0.25) is 14.3 Å². The lowest BCUT2D eigenvalue weighted by Gasteiger charge is -2.38. The van der Waals surface area contributed by atoms with E-state index in [0.717, 1.165) is 0 Å². The molecular weight excluding hydrogens is 460 g/mol. The lowest BCUT2D eigenvalue weighted by molar-refractivity contribution is -0.0503. The van der Waals surface area contributed by atoms with Gasteiger partial charge < -0.3 is 18.0 Å². The summed E-state index contributed by atoms with van der Waals surface area (Å²) in [6.45, 7) is 24.1. The van der Waals surface area contributed by atoms with E-state index < -0.39 is 48.5 Å². The van der Waals surface area contributed by atoms with E-state index in [0.29, 0.717) is 6.61 Å². The van der Waals surface area contributed by atoms with Gasteiger partial charge in [-0.15, -0.1) is 0 Å². The number of H-pyrrole nitrogens is 1. The molecule has 4 unspecified atom stereocenters. The maximum absolute atomic E-state index is 12.6. The molecule has 1 aliphatic heterocycles. The SMILES string of the molecule is CC(C)(C)[Si](C)(C)OCC1OC(n2ccc(=O)[nH]c2=O)C(O[Si](C)(C)C)C1O[Si](C)(C)C. The van der Waals surface area contributed by atoms with Gasteiger partial charge >= 0.3 is 5.69 Å². The summed E-state index contributed by atoms with van der Waals surface area (Å²) in [5.41, 5.74) is -0.969. The van der Waals surface area contributed by atoms with Crippen LogP contribution in [0.15, 0.2) is 21.9 Å². The molecule has 0 saturated carbocycles. The minimum Gasteiger partial charge on any atom is -0.414 e. The first-order valence-corrected chi connectivity index (χ1v) is 21.0. The lowest BCUT2D eigenvalue weighted by Crippen LogP contribution is -2.50. The molecule has 1 saturated heterocycles. The first-order valence-electron chi connectivity index (χ1n) is 11.3. The number of aromatic amines is 1. The maximum Gasteiger partial charge on any atom is 0.330 e. The van der Waals surface area contributed by atoms with Crippen LogP contribution in [0.5, 0.6) is 0 Å². The van der Waals surface area contributed by atoms with Crippen LogP contribution in [0.1, 0.15) is 27.0 Å². The molecule has 1 aliphatic rings. The molecule has 0 aromatic carbocycles. The zero-order valence-corrected chi connectivity index (χ0v) is 24.6. The lowest BCUT2D eigenvalue weighted by atomic mass is 10.1. The van der Waals surface area contributed by atoms with Crippen LogP contribution >= 0.6 is 0 Å². The Morgan fingerprint density at radius 1 is 0.969 bits per heavy atom. The molecule has 11 heteroatoms. The van der Waals surface area contributed by atoms with Gasteiger partial charge in [-0.1, -0.05) is 20.8 Å². The molecule has 0 bridgehead atoms. The molecule has 0 amide bonds. The predicted molar refractivity (Wildman–Crippen MR) is 135 cm³/mol. The molecule has 1 aromatic heterocycles. The molecule has 8 nitrogen and oxygen atoms in total. The molecule has 0 aliphatic carbocycles. The number of nitrogens with zero attached hydrogens (tertiary/aromatic N) is 1. The highest BCUT2D eigenvalue weighted by Crippen LogP contribution is 2.40. The molecular formula is C21H42N2O6Si3. The Balaban J connectivity index is 2.47. The maximum atomic E-state index is 12.6. The Labute approximate surface area is 195 Å². The van der Waals surface area contributed by atoms with Crippen LogP contribution in [0.25, 0.3) is 0 Å². The molecule has 2 heterocycles. The summed E-state index contributed by atoms with van der Waals surface area (Å²) >= 11 is 0. The average Bonchev–Trinajstić information content (AvgIpc) is 2.86. The standard InChI is InChI=1S/C21H42N2O6Si3/c1-21(2,3)32(10,11)26-14-15-17(28-30(4,5)6)18(29-31(7,8)9)19(27-15)23-13-12-16(24)22-20(23)25/h12-13,15,17-19H,14H2,1-11H3,(H,22,24,25). The fraction of sp³-hybridized carbons (Fsp3) is 0.810.